The molecule has 0 aliphatic heterocycles. The number of aromatic nitrogens is 4. The standard InChI is InChI=1S/C13H13FN4O3/c1-21-9-4-2-3-8(14)10(9)11-15-16-17-18(11)7-13(5-6-13)12(19)20/h2-4H,5-7H2,1H3,(H,19,20). The number of ether oxygens (including phenoxy) is 1. The first kappa shape index (κ1) is 13.5. The Bertz CT molecular complexity index is 696. The SMILES string of the molecule is COc1cccc(F)c1-c1nnnn1CC1(C(=O)O)CC1. The normalized spacial score (nSPS) is 15.7. The Hall–Kier alpha value is -2.51. The van der Waals surface area contributed by atoms with E-state index in [2.05, 4.69) is 15.5 Å². The summed E-state index contributed by atoms with van der Waals surface area (Å²) in [5.74, 6) is -0.946. The maximum Gasteiger partial charge on any atom is 0.311 e. The number of hydrogen-bond donors (Lipinski definition) is 1. The first-order chi connectivity index (χ1) is 10.1. The lowest BCUT2D eigenvalue weighted by atomic mass is 10.1. The molecule has 0 atom stereocenters. The molecular formula is C13H13FN4O3. The fourth-order valence-corrected chi connectivity index (χ4v) is 2.26. The molecule has 1 aliphatic carbocycles. The van der Waals surface area contributed by atoms with Gasteiger partial charge in [-0.2, -0.15) is 0 Å². The summed E-state index contributed by atoms with van der Waals surface area (Å²) in [7, 11) is 1.42. The summed E-state index contributed by atoms with van der Waals surface area (Å²) >= 11 is 0. The number of halogens is 1. The van der Waals surface area contributed by atoms with Crippen LogP contribution in [0.3, 0.4) is 0 Å². The minimum atomic E-state index is -0.885. The number of nitrogens with zero attached hydrogens (tertiary/aromatic N) is 4. The van der Waals surface area contributed by atoms with Crippen LogP contribution in [0.2, 0.25) is 0 Å². The van der Waals surface area contributed by atoms with Gasteiger partial charge in [0.2, 0.25) is 0 Å². The molecule has 21 heavy (non-hydrogen) atoms. The molecule has 2 aromatic rings. The molecular weight excluding hydrogens is 279 g/mol. The predicted octanol–water partition coefficient (Wildman–Crippen LogP) is 1.35. The summed E-state index contributed by atoms with van der Waals surface area (Å²) < 4.78 is 20.5. The van der Waals surface area contributed by atoms with E-state index in [1.54, 1.807) is 6.07 Å². The molecule has 110 valence electrons. The minimum Gasteiger partial charge on any atom is -0.496 e. The molecule has 1 fully saturated rings. The highest BCUT2D eigenvalue weighted by Gasteiger charge is 2.51. The smallest absolute Gasteiger partial charge is 0.311 e. The zero-order valence-corrected chi connectivity index (χ0v) is 11.3. The summed E-state index contributed by atoms with van der Waals surface area (Å²) in [5.41, 5.74) is -0.714. The van der Waals surface area contributed by atoms with Gasteiger partial charge in [-0.05, 0) is 35.4 Å². The first-order valence-electron chi connectivity index (χ1n) is 6.40. The van der Waals surface area contributed by atoms with Gasteiger partial charge in [0.25, 0.3) is 0 Å². The second kappa shape index (κ2) is 4.80. The Kier molecular flexibility index (Phi) is 3.08. The molecule has 7 nitrogen and oxygen atoms in total. The van der Waals surface area contributed by atoms with Gasteiger partial charge < -0.3 is 9.84 Å². The monoisotopic (exact) mass is 292 g/mol. The summed E-state index contributed by atoms with van der Waals surface area (Å²) in [6, 6.07) is 4.40. The molecule has 0 spiro atoms. The molecule has 1 saturated carbocycles. The van der Waals surface area contributed by atoms with Crippen molar-refractivity contribution >= 4 is 5.97 Å². The maximum atomic E-state index is 14.1. The van der Waals surface area contributed by atoms with Gasteiger partial charge in [-0.25, -0.2) is 9.07 Å². The van der Waals surface area contributed by atoms with E-state index in [0.29, 0.717) is 18.6 Å². The zero-order chi connectivity index (χ0) is 15.0. The lowest BCUT2D eigenvalue weighted by Gasteiger charge is -2.12. The lowest BCUT2D eigenvalue weighted by Crippen LogP contribution is -2.23. The lowest BCUT2D eigenvalue weighted by molar-refractivity contribution is -0.144. The van der Waals surface area contributed by atoms with E-state index in [0.717, 1.165) is 0 Å². The Morgan fingerprint density at radius 1 is 1.52 bits per heavy atom. The fraction of sp³-hybridized carbons (Fsp3) is 0.385. The molecule has 8 heteroatoms. The summed E-state index contributed by atoms with van der Waals surface area (Å²) in [6.45, 7) is 0.113. The van der Waals surface area contributed by atoms with Crippen LogP contribution in [0.5, 0.6) is 5.75 Å². The molecule has 1 heterocycles. The Morgan fingerprint density at radius 3 is 2.90 bits per heavy atom. The van der Waals surface area contributed by atoms with Gasteiger partial charge in [0.1, 0.15) is 11.6 Å². The van der Waals surface area contributed by atoms with Crippen molar-refractivity contribution < 1.29 is 19.0 Å². The van der Waals surface area contributed by atoms with Crippen molar-refractivity contribution in [2.75, 3.05) is 7.11 Å². The number of aliphatic carboxylic acids is 1. The van der Waals surface area contributed by atoms with Crippen LogP contribution in [0.1, 0.15) is 12.8 Å². The van der Waals surface area contributed by atoms with E-state index in [1.807, 2.05) is 0 Å². The molecule has 3 rings (SSSR count). The van der Waals surface area contributed by atoms with Crippen LogP contribution in [0.25, 0.3) is 11.4 Å². The van der Waals surface area contributed by atoms with Crippen molar-refractivity contribution in [3.05, 3.63) is 24.0 Å². The van der Waals surface area contributed by atoms with Crippen molar-refractivity contribution in [3.63, 3.8) is 0 Å². The van der Waals surface area contributed by atoms with Crippen LogP contribution >= 0.6 is 0 Å². The second-order valence-corrected chi connectivity index (χ2v) is 5.06. The number of carboxylic acid groups (broad SMARTS) is 1. The predicted molar refractivity (Wildman–Crippen MR) is 69.1 cm³/mol. The van der Waals surface area contributed by atoms with Gasteiger partial charge in [-0.15, -0.1) is 5.10 Å². The van der Waals surface area contributed by atoms with E-state index in [9.17, 15) is 14.3 Å². The molecule has 1 aromatic carbocycles. The van der Waals surface area contributed by atoms with Gasteiger partial charge in [0.05, 0.1) is 24.6 Å². The Labute approximate surface area is 119 Å². The van der Waals surface area contributed by atoms with Crippen molar-refractivity contribution in [3.8, 4) is 17.1 Å². The number of carboxylic acids is 1. The Balaban J connectivity index is 2.02. The van der Waals surface area contributed by atoms with Crippen LogP contribution in [0, 0.1) is 11.2 Å². The number of methoxy groups -OCH3 is 1. The highest BCUT2D eigenvalue weighted by Crippen LogP contribution is 2.47. The topological polar surface area (TPSA) is 90.1 Å². The average Bonchev–Trinajstić information content (AvgIpc) is 3.11. The third kappa shape index (κ3) is 2.22. The maximum absolute atomic E-state index is 14.1. The molecule has 0 unspecified atom stereocenters. The molecule has 0 radical (unpaired) electrons. The highest BCUT2D eigenvalue weighted by molar-refractivity contribution is 5.77. The molecule has 0 amide bonds. The number of rotatable bonds is 5. The average molecular weight is 292 g/mol. The molecule has 0 saturated heterocycles. The van der Waals surface area contributed by atoms with E-state index >= 15 is 0 Å². The van der Waals surface area contributed by atoms with Gasteiger partial charge in [0, 0.05) is 0 Å². The third-order valence-corrected chi connectivity index (χ3v) is 3.71. The number of tetrazole rings is 1. The molecule has 1 N–H and O–H groups in total. The second-order valence-electron chi connectivity index (χ2n) is 5.06. The minimum absolute atomic E-state index is 0.113. The van der Waals surface area contributed by atoms with Gasteiger partial charge >= 0.3 is 5.97 Å². The summed E-state index contributed by atoms with van der Waals surface area (Å²) in [5, 5.41) is 20.4. The summed E-state index contributed by atoms with van der Waals surface area (Å²) in [4.78, 5) is 11.3. The van der Waals surface area contributed by atoms with Crippen LogP contribution in [0.4, 0.5) is 4.39 Å². The van der Waals surface area contributed by atoms with Crippen molar-refractivity contribution in [1.29, 1.82) is 0 Å². The van der Waals surface area contributed by atoms with Crippen LogP contribution in [-0.2, 0) is 11.3 Å². The number of hydrogen-bond acceptors (Lipinski definition) is 5. The van der Waals surface area contributed by atoms with Crippen molar-refractivity contribution in [2.24, 2.45) is 5.41 Å². The van der Waals surface area contributed by atoms with Crippen LogP contribution in [0.15, 0.2) is 18.2 Å². The fourth-order valence-electron chi connectivity index (χ4n) is 2.26. The van der Waals surface area contributed by atoms with Crippen molar-refractivity contribution in [1.82, 2.24) is 20.2 Å². The van der Waals surface area contributed by atoms with E-state index in [-0.39, 0.29) is 17.9 Å². The van der Waals surface area contributed by atoms with Crippen LogP contribution < -0.4 is 4.74 Å². The first-order valence-corrected chi connectivity index (χ1v) is 6.40. The number of benzene rings is 1. The Morgan fingerprint density at radius 2 is 2.29 bits per heavy atom. The summed E-state index contributed by atoms with van der Waals surface area (Å²) in [6.07, 6.45) is 1.13. The zero-order valence-electron chi connectivity index (χ0n) is 11.3. The van der Waals surface area contributed by atoms with E-state index < -0.39 is 17.2 Å². The van der Waals surface area contributed by atoms with Gasteiger partial charge in [-0.3, -0.25) is 4.79 Å². The largest absolute Gasteiger partial charge is 0.496 e. The number of carbonyl (C=O) groups is 1. The quantitative estimate of drug-likeness (QED) is 0.894. The third-order valence-electron chi connectivity index (χ3n) is 3.71. The van der Waals surface area contributed by atoms with Gasteiger partial charge in [0.15, 0.2) is 5.82 Å². The molecule has 1 aliphatic rings. The van der Waals surface area contributed by atoms with E-state index in [4.69, 9.17) is 4.74 Å². The van der Waals surface area contributed by atoms with Crippen molar-refractivity contribution in [2.45, 2.75) is 19.4 Å². The van der Waals surface area contributed by atoms with E-state index in [1.165, 1.54) is 23.9 Å². The van der Waals surface area contributed by atoms with Gasteiger partial charge in [-0.1, -0.05) is 6.07 Å². The molecule has 1 aromatic heterocycles. The highest BCUT2D eigenvalue weighted by atomic mass is 19.1. The van der Waals surface area contributed by atoms with Crippen LogP contribution in [-0.4, -0.2) is 38.4 Å². The molecule has 0 bridgehead atoms.